The van der Waals surface area contributed by atoms with Crippen LogP contribution >= 0.6 is 0 Å². The van der Waals surface area contributed by atoms with Gasteiger partial charge < -0.3 is 23.9 Å². The van der Waals surface area contributed by atoms with Gasteiger partial charge in [-0.25, -0.2) is 0 Å². The van der Waals surface area contributed by atoms with E-state index in [2.05, 4.69) is 0 Å². The fourth-order valence-electron chi connectivity index (χ4n) is 5.15. The maximum Gasteiger partial charge on any atom is 0.288 e. The number of ether oxygens (including phenoxy) is 2. The van der Waals surface area contributed by atoms with Gasteiger partial charge in [-0.2, -0.15) is 0 Å². The Kier molecular flexibility index (Phi) is 7.21. The van der Waals surface area contributed by atoms with Gasteiger partial charge in [-0.15, -0.1) is 0 Å². The van der Waals surface area contributed by atoms with Gasteiger partial charge in [-0.3, -0.25) is 4.79 Å². The van der Waals surface area contributed by atoms with E-state index in [1.807, 2.05) is 66.6 Å². The Morgan fingerprint density at radius 1 is 1.06 bits per heavy atom. The van der Waals surface area contributed by atoms with Gasteiger partial charge in [0.2, 0.25) is 6.29 Å². The van der Waals surface area contributed by atoms with E-state index < -0.39 is 6.29 Å². The van der Waals surface area contributed by atoms with Crippen molar-refractivity contribution in [2.75, 3.05) is 7.05 Å². The van der Waals surface area contributed by atoms with Crippen molar-refractivity contribution in [1.82, 2.24) is 4.90 Å². The minimum atomic E-state index is -0.560. The molecule has 1 saturated carbocycles. The van der Waals surface area contributed by atoms with Gasteiger partial charge in [0, 0.05) is 36.4 Å². The molecule has 1 aliphatic carbocycles. The van der Waals surface area contributed by atoms with E-state index in [1.165, 1.54) is 6.42 Å². The summed E-state index contributed by atoms with van der Waals surface area (Å²) < 4.78 is 18.1. The number of amides is 1. The molecule has 1 fully saturated rings. The highest BCUT2D eigenvalue weighted by atomic mass is 16.7. The van der Waals surface area contributed by atoms with E-state index in [-0.39, 0.29) is 24.5 Å². The summed E-state index contributed by atoms with van der Waals surface area (Å²) in [7, 11) is 1.89. The van der Waals surface area contributed by atoms with Crippen molar-refractivity contribution < 1.29 is 23.8 Å². The number of likely N-dealkylation sites (N-methyl/N-ethyl adjacent to an activating group) is 1. The van der Waals surface area contributed by atoms with E-state index in [4.69, 9.17) is 13.9 Å². The molecule has 2 atom stereocenters. The van der Waals surface area contributed by atoms with Crippen LogP contribution in [0.1, 0.15) is 61.1 Å². The lowest BCUT2D eigenvalue weighted by Crippen LogP contribution is -2.41. The number of furan rings is 1. The summed E-state index contributed by atoms with van der Waals surface area (Å²) in [6.07, 6.45) is 9.38. The molecule has 2 aliphatic rings. The Hall–Kier alpha value is -3.09. The lowest BCUT2D eigenvalue weighted by Gasteiger charge is -2.34. The van der Waals surface area contributed by atoms with E-state index in [9.17, 15) is 9.90 Å². The average molecular weight is 476 g/mol. The maximum absolute atomic E-state index is 13.5. The van der Waals surface area contributed by atoms with Crippen LogP contribution in [0.3, 0.4) is 0 Å². The van der Waals surface area contributed by atoms with E-state index in [0.29, 0.717) is 18.8 Å². The van der Waals surface area contributed by atoms with E-state index in [1.54, 1.807) is 6.26 Å². The predicted molar refractivity (Wildman–Crippen MR) is 133 cm³/mol. The number of aliphatic hydroxyl groups is 1. The number of carbonyl (C=O) groups is 1. The molecule has 0 saturated heterocycles. The topological polar surface area (TPSA) is 72.1 Å². The number of hydrogen-bond donors (Lipinski definition) is 1. The number of allylic oxidation sites excluding steroid dienone is 1. The molecule has 35 heavy (non-hydrogen) atoms. The van der Waals surface area contributed by atoms with Crippen molar-refractivity contribution in [2.24, 2.45) is 0 Å². The molecule has 0 radical (unpaired) electrons. The molecule has 2 heterocycles. The van der Waals surface area contributed by atoms with Crippen LogP contribution < -0.4 is 0 Å². The van der Waals surface area contributed by atoms with E-state index >= 15 is 0 Å². The number of benzene rings is 2. The van der Waals surface area contributed by atoms with Gasteiger partial charge in [0.15, 0.2) is 5.76 Å². The number of carbonyl (C=O) groups excluding carboxylic acids is 1. The van der Waals surface area contributed by atoms with Crippen LogP contribution in [0.5, 0.6) is 0 Å². The zero-order valence-electron chi connectivity index (χ0n) is 20.2. The molecule has 184 valence electrons. The first-order valence-electron chi connectivity index (χ1n) is 12.5. The zero-order valence-corrected chi connectivity index (χ0v) is 20.2. The molecule has 1 aromatic heterocycles. The molecule has 6 heteroatoms. The number of nitrogens with zero attached hydrogens (tertiary/aromatic N) is 1. The predicted octanol–water partition coefficient (Wildman–Crippen LogP) is 5.65. The van der Waals surface area contributed by atoms with Crippen LogP contribution in [0.15, 0.2) is 71.0 Å². The van der Waals surface area contributed by atoms with Crippen molar-refractivity contribution >= 4 is 16.9 Å². The van der Waals surface area contributed by atoms with Crippen LogP contribution in [0.2, 0.25) is 0 Å². The molecule has 0 spiro atoms. The first-order valence-corrected chi connectivity index (χ1v) is 12.5. The van der Waals surface area contributed by atoms with Gasteiger partial charge >= 0.3 is 0 Å². The van der Waals surface area contributed by atoms with E-state index in [0.717, 1.165) is 53.3 Å². The molecule has 1 amide bonds. The Labute approximate surface area is 206 Å². The first-order chi connectivity index (χ1) is 17.1. The second kappa shape index (κ2) is 10.7. The summed E-state index contributed by atoms with van der Waals surface area (Å²) in [4.78, 5) is 15.3. The van der Waals surface area contributed by atoms with Crippen molar-refractivity contribution in [3.8, 4) is 0 Å². The summed E-state index contributed by atoms with van der Waals surface area (Å²) in [6.45, 7) is 0.368. The highest BCUT2D eigenvalue weighted by molar-refractivity contribution is 5.92. The number of rotatable bonds is 7. The fourth-order valence-corrected chi connectivity index (χ4v) is 5.15. The highest BCUT2D eigenvalue weighted by Crippen LogP contribution is 2.37. The molecular weight excluding hydrogens is 442 g/mol. The number of fused-ring (bicyclic) bond motifs is 1. The molecule has 0 bridgehead atoms. The standard InChI is InChI=1S/C29H33NO5/c1-30(23-7-3-2-4-8-23)29(32)27-15-22(25-19-33-26-10-6-5-9-24(25)26)16-28(35-27)34-18-21-13-11-20(17-31)12-14-21/h5-6,9-15,19,22-23,28,31H,2-4,7-8,16-18H2,1H3/t22-,28+/m0/s1. The molecule has 6 nitrogen and oxygen atoms in total. The molecule has 0 unspecified atom stereocenters. The SMILES string of the molecule is CN(C(=O)C1=C[C@H](c2coc3ccccc23)C[C@H](OCc2ccc(CO)cc2)O1)C1CCCCC1. The Morgan fingerprint density at radius 3 is 2.57 bits per heavy atom. The van der Waals surface area contributed by atoms with Gasteiger partial charge in [0.05, 0.1) is 19.5 Å². The Bertz CT molecular complexity index is 1180. The minimum absolute atomic E-state index is 0.0119. The normalized spacial score (nSPS) is 20.9. The molecular formula is C29H33NO5. The molecule has 3 aromatic rings. The van der Waals surface area contributed by atoms with Crippen LogP contribution in [0.4, 0.5) is 0 Å². The largest absolute Gasteiger partial charge is 0.464 e. The maximum atomic E-state index is 13.5. The van der Waals surface area contributed by atoms with Crippen LogP contribution in [0, 0.1) is 0 Å². The third-order valence-electron chi connectivity index (χ3n) is 7.26. The molecule has 2 aromatic carbocycles. The van der Waals surface area contributed by atoms with Gasteiger partial charge in [-0.1, -0.05) is 61.7 Å². The summed E-state index contributed by atoms with van der Waals surface area (Å²) in [5, 5.41) is 10.3. The number of aliphatic hydroxyl groups excluding tert-OH is 1. The third kappa shape index (κ3) is 5.29. The van der Waals surface area contributed by atoms with Crippen molar-refractivity contribution in [3.63, 3.8) is 0 Å². The average Bonchev–Trinajstić information content (AvgIpc) is 3.36. The smallest absolute Gasteiger partial charge is 0.288 e. The van der Waals surface area contributed by atoms with Crippen molar-refractivity contribution in [2.45, 2.75) is 70.0 Å². The molecule has 1 aliphatic heterocycles. The lowest BCUT2D eigenvalue weighted by atomic mass is 9.91. The quantitative estimate of drug-likeness (QED) is 0.478. The van der Waals surface area contributed by atoms with Crippen LogP contribution in [-0.4, -0.2) is 35.3 Å². The van der Waals surface area contributed by atoms with Crippen molar-refractivity contribution in [3.05, 3.63) is 83.3 Å². The zero-order chi connectivity index (χ0) is 24.2. The summed E-state index contributed by atoms with van der Waals surface area (Å²) >= 11 is 0. The number of hydrogen-bond acceptors (Lipinski definition) is 5. The fraction of sp³-hybridized carbons (Fsp3) is 0.414. The summed E-state index contributed by atoms with van der Waals surface area (Å²) in [5.74, 6) is 0.198. The first kappa shape index (κ1) is 23.6. The second-order valence-corrected chi connectivity index (χ2v) is 9.60. The lowest BCUT2D eigenvalue weighted by molar-refractivity contribution is -0.156. The van der Waals surface area contributed by atoms with Crippen LogP contribution in [0.25, 0.3) is 11.0 Å². The minimum Gasteiger partial charge on any atom is -0.464 e. The van der Waals surface area contributed by atoms with Gasteiger partial charge in [0.1, 0.15) is 5.58 Å². The van der Waals surface area contributed by atoms with Gasteiger partial charge in [0.25, 0.3) is 5.91 Å². The van der Waals surface area contributed by atoms with Crippen LogP contribution in [-0.2, 0) is 27.5 Å². The highest BCUT2D eigenvalue weighted by Gasteiger charge is 2.33. The summed E-state index contributed by atoms with van der Waals surface area (Å²) in [5.41, 5.74) is 3.71. The number of para-hydroxylation sites is 1. The van der Waals surface area contributed by atoms with Crippen molar-refractivity contribution in [1.29, 1.82) is 0 Å². The van der Waals surface area contributed by atoms with Gasteiger partial charge in [-0.05, 0) is 36.1 Å². The Balaban J connectivity index is 1.38. The molecule has 1 N–H and O–H groups in total. The second-order valence-electron chi connectivity index (χ2n) is 9.60. The Morgan fingerprint density at radius 2 is 1.80 bits per heavy atom. The molecule has 5 rings (SSSR count). The monoisotopic (exact) mass is 475 g/mol. The third-order valence-corrected chi connectivity index (χ3v) is 7.26. The summed E-state index contributed by atoms with van der Waals surface area (Å²) in [6, 6.07) is 15.8.